The van der Waals surface area contributed by atoms with Crippen molar-refractivity contribution in [3.8, 4) is 0 Å². The monoisotopic (exact) mass is 292 g/mol. The van der Waals surface area contributed by atoms with Gasteiger partial charge in [-0.1, -0.05) is 12.5 Å². The Morgan fingerprint density at radius 3 is 2.95 bits per heavy atom. The van der Waals surface area contributed by atoms with E-state index in [9.17, 15) is 13.2 Å². The van der Waals surface area contributed by atoms with Crippen LogP contribution in [-0.4, -0.2) is 35.1 Å². The van der Waals surface area contributed by atoms with Crippen LogP contribution in [0.4, 0.5) is 0 Å². The average Bonchev–Trinajstić information content (AvgIpc) is 2.84. The van der Waals surface area contributed by atoms with Gasteiger partial charge in [0.05, 0.1) is 28.4 Å². The molecule has 1 fully saturated rings. The zero-order valence-corrected chi connectivity index (χ0v) is 11.8. The number of pyridine rings is 1. The maximum absolute atomic E-state index is 12.1. The van der Waals surface area contributed by atoms with E-state index in [-0.39, 0.29) is 11.0 Å². The summed E-state index contributed by atoms with van der Waals surface area (Å²) in [6.45, 7) is 0. The van der Waals surface area contributed by atoms with Crippen LogP contribution in [-0.2, 0) is 16.3 Å². The second kappa shape index (κ2) is 5.01. The van der Waals surface area contributed by atoms with Gasteiger partial charge in [0.1, 0.15) is 5.82 Å². The van der Waals surface area contributed by atoms with Gasteiger partial charge in [-0.25, -0.2) is 13.4 Å². The van der Waals surface area contributed by atoms with Crippen LogP contribution < -0.4 is 0 Å². The lowest BCUT2D eigenvalue weighted by Gasteiger charge is -2.21. The number of hydrogen-bond donors (Lipinski definition) is 0. The van der Waals surface area contributed by atoms with E-state index in [0.717, 1.165) is 24.6 Å². The second-order valence-electron chi connectivity index (χ2n) is 5.19. The molecule has 1 atom stereocenters. The number of hydrogen-bond acceptors (Lipinski definition) is 4. The van der Waals surface area contributed by atoms with Crippen LogP contribution >= 0.6 is 0 Å². The Morgan fingerprint density at radius 2 is 2.20 bits per heavy atom. The van der Waals surface area contributed by atoms with Crippen LogP contribution in [0, 0.1) is 0 Å². The lowest BCUT2D eigenvalue weighted by molar-refractivity contribution is 0.111. The molecular formula is C14H16N2O3S. The summed E-state index contributed by atoms with van der Waals surface area (Å²) >= 11 is 0. The largest absolute Gasteiger partial charge is 0.296 e. The molecule has 1 saturated heterocycles. The van der Waals surface area contributed by atoms with Crippen molar-refractivity contribution < 1.29 is 13.2 Å². The van der Waals surface area contributed by atoms with E-state index in [1.165, 1.54) is 0 Å². The van der Waals surface area contributed by atoms with E-state index in [0.29, 0.717) is 24.4 Å². The van der Waals surface area contributed by atoms with Crippen molar-refractivity contribution in [2.75, 3.05) is 5.75 Å². The van der Waals surface area contributed by atoms with Crippen molar-refractivity contribution in [3.05, 3.63) is 35.9 Å². The van der Waals surface area contributed by atoms with Crippen LogP contribution in [0.3, 0.4) is 0 Å². The predicted molar refractivity (Wildman–Crippen MR) is 75.7 cm³/mol. The Kier molecular flexibility index (Phi) is 3.33. The fourth-order valence-corrected chi connectivity index (χ4v) is 4.70. The van der Waals surface area contributed by atoms with Crippen LogP contribution in [0.1, 0.15) is 35.6 Å². The van der Waals surface area contributed by atoms with Gasteiger partial charge in [0, 0.05) is 6.42 Å². The quantitative estimate of drug-likeness (QED) is 0.807. The number of carbonyl (C=O) groups excluding carboxylic acids is 1. The van der Waals surface area contributed by atoms with Gasteiger partial charge < -0.3 is 0 Å². The molecule has 0 bridgehead atoms. The molecule has 1 unspecified atom stereocenters. The van der Waals surface area contributed by atoms with Crippen LogP contribution in [0.2, 0.25) is 0 Å². The normalized spacial score (nSPS) is 21.9. The summed E-state index contributed by atoms with van der Waals surface area (Å²) in [5.41, 5.74) is 1.32. The third-order valence-corrected chi connectivity index (χ3v) is 6.17. The molecule has 3 heterocycles. The minimum atomic E-state index is -3.03. The van der Waals surface area contributed by atoms with E-state index in [2.05, 4.69) is 4.98 Å². The summed E-state index contributed by atoms with van der Waals surface area (Å²) in [5.74, 6) is 0.916. The van der Waals surface area contributed by atoms with E-state index in [1.807, 2.05) is 6.07 Å². The highest BCUT2D eigenvalue weighted by atomic mass is 32.2. The average molecular weight is 292 g/mol. The van der Waals surface area contributed by atoms with E-state index < -0.39 is 9.84 Å². The number of carbonyl (C=O) groups is 1. The highest BCUT2D eigenvalue weighted by Crippen LogP contribution is 2.23. The van der Waals surface area contributed by atoms with Gasteiger partial charge in [-0.2, -0.15) is 0 Å². The Bertz CT molecular complexity index is 749. The van der Waals surface area contributed by atoms with Gasteiger partial charge in [0.15, 0.2) is 16.1 Å². The Balaban J connectivity index is 2.01. The predicted octanol–water partition coefficient (Wildman–Crippen LogP) is 1.66. The molecule has 106 valence electrons. The van der Waals surface area contributed by atoms with Gasteiger partial charge in [-0.15, -0.1) is 0 Å². The van der Waals surface area contributed by atoms with Crippen molar-refractivity contribution in [1.29, 1.82) is 0 Å². The van der Waals surface area contributed by atoms with E-state index in [4.69, 9.17) is 0 Å². The van der Waals surface area contributed by atoms with Crippen molar-refractivity contribution in [2.24, 2.45) is 0 Å². The van der Waals surface area contributed by atoms with Crippen molar-refractivity contribution in [1.82, 2.24) is 9.38 Å². The summed E-state index contributed by atoms with van der Waals surface area (Å²) in [4.78, 5) is 15.4. The van der Waals surface area contributed by atoms with Crippen molar-refractivity contribution >= 4 is 21.6 Å². The molecule has 0 radical (unpaired) electrons. The molecule has 3 rings (SSSR count). The molecule has 2 aromatic heterocycles. The Labute approximate surface area is 117 Å². The summed E-state index contributed by atoms with van der Waals surface area (Å²) in [6, 6.07) is 5.36. The maximum atomic E-state index is 12.1. The molecule has 2 aromatic rings. The molecule has 1 aliphatic rings. The molecule has 6 heteroatoms. The second-order valence-corrected chi connectivity index (χ2v) is 7.59. The molecular weight excluding hydrogens is 276 g/mol. The number of aromatic nitrogens is 2. The first-order chi connectivity index (χ1) is 9.62. The lowest BCUT2D eigenvalue weighted by Crippen LogP contribution is -2.31. The zero-order chi connectivity index (χ0) is 14.2. The third-order valence-electron chi connectivity index (χ3n) is 3.90. The minimum Gasteiger partial charge on any atom is -0.296 e. The fraction of sp³-hybridized carbons (Fsp3) is 0.429. The molecule has 0 aromatic carbocycles. The van der Waals surface area contributed by atoms with Crippen molar-refractivity contribution in [3.63, 3.8) is 0 Å². The molecule has 0 saturated carbocycles. The summed E-state index contributed by atoms with van der Waals surface area (Å²) in [7, 11) is -3.03. The minimum absolute atomic E-state index is 0.265. The summed E-state index contributed by atoms with van der Waals surface area (Å²) < 4.78 is 25.9. The van der Waals surface area contributed by atoms with Crippen molar-refractivity contribution in [2.45, 2.75) is 30.9 Å². The smallest absolute Gasteiger partial charge is 0.166 e. The number of rotatable bonds is 3. The molecule has 0 amide bonds. The lowest BCUT2D eigenvalue weighted by atomic mass is 10.1. The molecule has 0 spiro atoms. The van der Waals surface area contributed by atoms with E-state index in [1.54, 1.807) is 22.7 Å². The highest BCUT2D eigenvalue weighted by Gasteiger charge is 2.30. The number of fused-ring (bicyclic) bond motifs is 1. The van der Waals surface area contributed by atoms with Crippen LogP contribution in [0.5, 0.6) is 0 Å². The van der Waals surface area contributed by atoms with Gasteiger partial charge in [0.2, 0.25) is 0 Å². The van der Waals surface area contributed by atoms with E-state index >= 15 is 0 Å². The molecule has 5 nitrogen and oxygen atoms in total. The number of nitrogens with zero attached hydrogens (tertiary/aromatic N) is 2. The van der Waals surface area contributed by atoms with Gasteiger partial charge in [-0.3, -0.25) is 9.20 Å². The first-order valence-corrected chi connectivity index (χ1v) is 8.45. The maximum Gasteiger partial charge on any atom is 0.166 e. The molecule has 0 aliphatic carbocycles. The SMILES string of the molecule is O=Cc1cccc2cnc(CC3CCCCS3(=O)=O)n12. The Morgan fingerprint density at radius 1 is 1.35 bits per heavy atom. The molecule has 1 aliphatic heterocycles. The standard InChI is InChI=1S/C14H16N2O3S/c17-10-12-5-3-4-11-9-15-14(16(11)12)8-13-6-1-2-7-20(13,18)19/h3-5,9-10,13H,1-2,6-8H2. The summed E-state index contributed by atoms with van der Waals surface area (Å²) in [6.07, 6.45) is 5.20. The van der Waals surface area contributed by atoms with Gasteiger partial charge in [-0.05, 0) is 25.0 Å². The first kappa shape index (κ1) is 13.3. The fourth-order valence-electron chi connectivity index (χ4n) is 2.83. The first-order valence-electron chi connectivity index (χ1n) is 6.74. The van der Waals surface area contributed by atoms with Gasteiger partial charge in [0.25, 0.3) is 0 Å². The van der Waals surface area contributed by atoms with Crippen LogP contribution in [0.25, 0.3) is 5.52 Å². The number of aldehydes is 1. The topological polar surface area (TPSA) is 68.5 Å². The van der Waals surface area contributed by atoms with Crippen LogP contribution in [0.15, 0.2) is 24.4 Å². The van der Waals surface area contributed by atoms with Gasteiger partial charge >= 0.3 is 0 Å². The number of sulfone groups is 1. The summed E-state index contributed by atoms with van der Waals surface area (Å²) in [5, 5.41) is -0.374. The molecule has 0 N–H and O–H groups in total. The highest BCUT2D eigenvalue weighted by molar-refractivity contribution is 7.92. The Hall–Kier alpha value is -1.69. The number of imidazole rings is 1. The third kappa shape index (κ3) is 2.24. The zero-order valence-electron chi connectivity index (χ0n) is 11.0. The molecule has 20 heavy (non-hydrogen) atoms.